The third-order valence-electron chi connectivity index (χ3n) is 5.63. The van der Waals surface area contributed by atoms with E-state index in [9.17, 15) is 9.59 Å². The van der Waals surface area contributed by atoms with Gasteiger partial charge in [-0.15, -0.1) is 0 Å². The average Bonchev–Trinajstić information content (AvgIpc) is 2.84. The number of hydrogen-bond acceptors (Lipinski definition) is 4. The molecule has 0 unspecified atom stereocenters. The highest BCUT2D eigenvalue weighted by Crippen LogP contribution is 2.38. The van der Waals surface area contributed by atoms with Gasteiger partial charge in [-0.3, -0.25) is 9.69 Å². The van der Waals surface area contributed by atoms with E-state index < -0.39 is 5.54 Å². The summed E-state index contributed by atoms with van der Waals surface area (Å²) >= 11 is 0. The first kappa shape index (κ1) is 19.8. The van der Waals surface area contributed by atoms with E-state index in [-0.39, 0.29) is 11.9 Å². The first-order chi connectivity index (χ1) is 13.0. The number of likely N-dealkylation sites (tertiary alicyclic amines) is 1. The van der Waals surface area contributed by atoms with Crippen molar-refractivity contribution in [3.63, 3.8) is 0 Å². The van der Waals surface area contributed by atoms with Gasteiger partial charge < -0.3 is 14.5 Å². The number of hydrogen-bond donors (Lipinski definition) is 0. The summed E-state index contributed by atoms with van der Waals surface area (Å²) < 4.78 is 5.12. The van der Waals surface area contributed by atoms with Crippen LogP contribution in [0.25, 0.3) is 0 Å². The maximum absolute atomic E-state index is 13.3. The number of carbonyl (C=O) groups excluding carboxylic acids is 2. The number of benzene rings is 1. The smallest absolute Gasteiger partial charge is 0.328 e. The van der Waals surface area contributed by atoms with Gasteiger partial charge in [0.2, 0.25) is 0 Å². The van der Waals surface area contributed by atoms with Gasteiger partial charge in [-0.05, 0) is 24.3 Å². The lowest BCUT2D eigenvalue weighted by molar-refractivity contribution is -0.136. The molecule has 148 valence electrons. The van der Waals surface area contributed by atoms with Crippen LogP contribution in [-0.2, 0) is 16.1 Å². The summed E-state index contributed by atoms with van der Waals surface area (Å²) in [5, 5.41) is 0. The molecule has 3 rings (SSSR count). The number of imide groups is 1. The Morgan fingerprint density at radius 1 is 1.11 bits per heavy atom. The van der Waals surface area contributed by atoms with E-state index in [1.807, 2.05) is 35.2 Å². The van der Waals surface area contributed by atoms with E-state index >= 15 is 0 Å². The molecule has 0 saturated carbocycles. The molecular weight excluding hydrogens is 342 g/mol. The number of amides is 3. The molecular formula is C21H31N3O3. The molecule has 27 heavy (non-hydrogen) atoms. The van der Waals surface area contributed by atoms with Crippen LogP contribution in [0, 0.1) is 5.92 Å². The Morgan fingerprint density at radius 3 is 2.37 bits per heavy atom. The molecule has 2 fully saturated rings. The zero-order chi connectivity index (χ0) is 19.4. The number of methoxy groups -OCH3 is 1. The lowest BCUT2D eigenvalue weighted by Gasteiger charge is -2.42. The summed E-state index contributed by atoms with van der Waals surface area (Å²) in [6.07, 6.45) is 1.39. The van der Waals surface area contributed by atoms with Gasteiger partial charge in [0.15, 0.2) is 0 Å². The second-order valence-corrected chi connectivity index (χ2v) is 8.03. The minimum absolute atomic E-state index is 0.0512. The molecule has 3 amide bonds. The van der Waals surface area contributed by atoms with E-state index in [0.717, 1.165) is 25.2 Å². The van der Waals surface area contributed by atoms with Crippen molar-refractivity contribution in [1.29, 1.82) is 0 Å². The largest absolute Gasteiger partial charge is 0.383 e. The van der Waals surface area contributed by atoms with Gasteiger partial charge >= 0.3 is 6.03 Å². The molecule has 6 heteroatoms. The van der Waals surface area contributed by atoms with E-state index in [0.29, 0.717) is 38.5 Å². The fourth-order valence-electron chi connectivity index (χ4n) is 4.25. The SMILES string of the molecule is COCCN1C(=O)N(Cc2ccccc2)C2(CCN(CC(C)C)CC2)C1=O. The van der Waals surface area contributed by atoms with Crippen LogP contribution in [0.1, 0.15) is 32.3 Å². The molecule has 1 aromatic carbocycles. The molecule has 0 atom stereocenters. The molecule has 2 aliphatic heterocycles. The van der Waals surface area contributed by atoms with Crippen molar-refractivity contribution in [3.8, 4) is 0 Å². The Kier molecular flexibility index (Phi) is 6.17. The molecule has 0 bridgehead atoms. The number of nitrogens with zero attached hydrogens (tertiary/aromatic N) is 3. The second-order valence-electron chi connectivity index (χ2n) is 8.03. The van der Waals surface area contributed by atoms with E-state index in [1.54, 1.807) is 7.11 Å². The zero-order valence-electron chi connectivity index (χ0n) is 16.7. The predicted molar refractivity (Wildman–Crippen MR) is 104 cm³/mol. The third kappa shape index (κ3) is 4.01. The Bertz CT molecular complexity index is 654. The lowest BCUT2D eigenvalue weighted by atomic mass is 9.85. The minimum Gasteiger partial charge on any atom is -0.383 e. The highest BCUT2D eigenvalue weighted by Gasteiger charge is 2.57. The number of rotatable bonds is 7. The molecule has 0 aromatic heterocycles. The van der Waals surface area contributed by atoms with Crippen molar-refractivity contribution >= 4 is 11.9 Å². The second kappa shape index (κ2) is 8.40. The monoisotopic (exact) mass is 373 g/mol. The molecule has 1 aromatic rings. The first-order valence-electron chi connectivity index (χ1n) is 9.87. The number of ether oxygens (including phenoxy) is 1. The highest BCUT2D eigenvalue weighted by atomic mass is 16.5. The Hall–Kier alpha value is -1.92. The molecule has 2 saturated heterocycles. The van der Waals surface area contributed by atoms with Gasteiger partial charge in [0, 0.05) is 33.3 Å². The van der Waals surface area contributed by atoms with Crippen molar-refractivity contribution in [3.05, 3.63) is 35.9 Å². The Morgan fingerprint density at radius 2 is 1.78 bits per heavy atom. The highest BCUT2D eigenvalue weighted by molar-refractivity contribution is 6.07. The standard InChI is InChI=1S/C21H31N3O3/c1-17(2)15-22-11-9-21(10-12-22)19(25)23(13-14-27-3)20(26)24(21)16-18-7-5-4-6-8-18/h4-8,17H,9-16H2,1-3H3. The van der Waals surface area contributed by atoms with Crippen LogP contribution in [-0.4, -0.2) is 72.1 Å². The Balaban J connectivity index is 1.83. The van der Waals surface area contributed by atoms with Crippen LogP contribution >= 0.6 is 0 Å². The summed E-state index contributed by atoms with van der Waals surface area (Å²) in [6, 6.07) is 9.74. The van der Waals surface area contributed by atoms with Crippen molar-refractivity contribution < 1.29 is 14.3 Å². The van der Waals surface area contributed by atoms with Gasteiger partial charge in [0.1, 0.15) is 5.54 Å². The molecule has 0 aliphatic carbocycles. The van der Waals surface area contributed by atoms with Crippen LogP contribution in [0.3, 0.4) is 0 Å². The topological polar surface area (TPSA) is 53.1 Å². The van der Waals surface area contributed by atoms with E-state index in [2.05, 4.69) is 18.7 Å². The van der Waals surface area contributed by atoms with Gasteiger partial charge in [-0.2, -0.15) is 0 Å². The van der Waals surface area contributed by atoms with Crippen molar-refractivity contribution in [1.82, 2.24) is 14.7 Å². The van der Waals surface area contributed by atoms with Crippen molar-refractivity contribution in [2.75, 3.05) is 39.9 Å². The van der Waals surface area contributed by atoms with E-state index in [4.69, 9.17) is 4.74 Å². The minimum atomic E-state index is -0.714. The zero-order valence-corrected chi connectivity index (χ0v) is 16.7. The third-order valence-corrected chi connectivity index (χ3v) is 5.63. The molecule has 2 aliphatic rings. The van der Waals surface area contributed by atoms with Crippen LogP contribution < -0.4 is 0 Å². The van der Waals surface area contributed by atoms with Crippen LogP contribution in [0.15, 0.2) is 30.3 Å². The van der Waals surface area contributed by atoms with Crippen LogP contribution in [0.2, 0.25) is 0 Å². The van der Waals surface area contributed by atoms with Gasteiger partial charge in [0.05, 0.1) is 13.2 Å². The normalized spacial score (nSPS) is 20.3. The van der Waals surface area contributed by atoms with Gasteiger partial charge in [-0.25, -0.2) is 4.79 Å². The van der Waals surface area contributed by atoms with Crippen LogP contribution in [0.5, 0.6) is 0 Å². The number of urea groups is 1. The van der Waals surface area contributed by atoms with Crippen molar-refractivity contribution in [2.24, 2.45) is 5.92 Å². The van der Waals surface area contributed by atoms with E-state index in [1.165, 1.54) is 4.90 Å². The van der Waals surface area contributed by atoms with Gasteiger partial charge in [-0.1, -0.05) is 44.2 Å². The number of carbonyl (C=O) groups is 2. The average molecular weight is 373 g/mol. The maximum Gasteiger partial charge on any atom is 0.328 e. The fraction of sp³-hybridized carbons (Fsp3) is 0.619. The molecule has 2 heterocycles. The summed E-state index contributed by atoms with van der Waals surface area (Å²) in [4.78, 5) is 32.1. The lowest BCUT2D eigenvalue weighted by Crippen LogP contribution is -2.56. The summed E-state index contributed by atoms with van der Waals surface area (Å²) in [7, 11) is 1.59. The first-order valence-corrected chi connectivity index (χ1v) is 9.87. The van der Waals surface area contributed by atoms with Crippen LogP contribution in [0.4, 0.5) is 4.79 Å². The summed E-state index contributed by atoms with van der Waals surface area (Å²) in [5.41, 5.74) is 0.338. The summed E-state index contributed by atoms with van der Waals surface area (Å²) in [6.45, 7) is 8.30. The molecule has 0 N–H and O–H groups in total. The number of piperidine rings is 1. The quantitative estimate of drug-likeness (QED) is 0.690. The maximum atomic E-state index is 13.3. The van der Waals surface area contributed by atoms with Crippen molar-refractivity contribution in [2.45, 2.75) is 38.8 Å². The Labute approximate surface area is 162 Å². The summed E-state index contributed by atoms with van der Waals surface area (Å²) in [5.74, 6) is 0.545. The van der Waals surface area contributed by atoms with Gasteiger partial charge in [0.25, 0.3) is 5.91 Å². The predicted octanol–water partition coefficient (Wildman–Crippen LogP) is 2.59. The fourth-order valence-corrected chi connectivity index (χ4v) is 4.25. The molecule has 0 radical (unpaired) electrons. The molecule has 6 nitrogen and oxygen atoms in total. The molecule has 1 spiro atoms.